The predicted molar refractivity (Wildman–Crippen MR) is 50.3 cm³/mol. The molecule has 0 aliphatic rings. The van der Waals surface area contributed by atoms with Crippen molar-refractivity contribution in [2.24, 2.45) is 0 Å². The van der Waals surface area contributed by atoms with Gasteiger partial charge in [-0.3, -0.25) is 9.78 Å². The molecule has 14 heavy (non-hydrogen) atoms. The molecule has 0 spiro atoms. The lowest BCUT2D eigenvalue weighted by molar-refractivity contribution is -0.704. The molecular weight excluding hydrogens is 182 g/mol. The van der Waals surface area contributed by atoms with E-state index in [4.69, 9.17) is 4.74 Å². The number of ether oxygens (including phenoxy) is 1. The molecule has 1 aromatic rings. The highest BCUT2D eigenvalue weighted by atomic mass is 16.5. The Balaban J connectivity index is 2.53. The summed E-state index contributed by atoms with van der Waals surface area (Å²) < 4.78 is 6.73. The van der Waals surface area contributed by atoms with E-state index < -0.39 is 0 Å². The number of aromatic nitrogens is 2. The lowest BCUT2D eigenvalue weighted by Gasteiger charge is -2.14. The molecule has 0 aliphatic carbocycles. The molecule has 0 fully saturated rings. The largest absolute Gasteiger partial charge is 0.362 e. The minimum atomic E-state index is -0.260. The zero-order valence-corrected chi connectivity index (χ0v) is 8.65. The van der Waals surface area contributed by atoms with Crippen LogP contribution in [-0.2, 0) is 9.53 Å². The van der Waals surface area contributed by atoms with Crippen molar-refractivity contribution in [1.29, 1.82) is 0 Å². The molecule has 0 aromatic carbocycles. The first kappa shape index (κ1) is 10.7. The summed E-state index contributed by atoms with van der Waals surface area (Å²) in [7, 11) is 1.55. The number of rotatable bonds is 4. The van der Waals surface area contributed by atoms with E-state index in [2.05, 4.69) is 10.3 Å². The lowest BCUT2D eigenvalue weighted by Crippen LogP contribution is -2.48. The minimum absolute atomic E-state index is 0.0658. The van der Waals surface area contributed by atoms with Gasteiger partial charge in [-0.05, 0) is 13.8 Å². The standard InChI is InChI=1S/C9H15N3O2/c1-7(12-5-4-10-6-12)9(13)11-8(2)14-3/h4-8H,1-3H3,(H,11,13)/p+1. The Kier molecular flexibility index (Phi) is 3.64. The fourth-order valence-corrected chi connectivity index (χ4v) is 1.06. The maximum absolute atomic E-state index is 11.6. The highest BCUT2D eigenvalue weighted by Crippen LogP contribution is 1.94. The number of hydrogen-bond acceptors (Lipinski definition) is 2. The molecule has 5 heteroatoms. The van der Waals surface area contributed by atoms with Crippen molar-refractivity contribution in [2.45, 2.75) is 26.1 Å². The van der Waals surface area contributed by atoms with E-state index in [1.165, 1.54) is 0 Å². The normalized spacial score (nSPS) is 14.8. The summed E-state index contributed by atoms with van der Waals surface area (Å²) in [4.78, 5) is 14.5. The summed E-state index contributed by atoms with van der Waals surface area (Å²) in [6.07, 6.45) is 5.05. The van der Waals surface area contributed by atoms with Crippen molar-refractivity contribution in [3.63, 3.8) is 0 Å². The molecule has 1 heterocycles. The molecule has 1 aromatic heterocycles. The third kappa shape index (κ3) is 2.56. The van der Waals surface area contributed by atoms with E-state index >= 15 is 0 Å². The van der Waals surface area contributed by atoms with Gasteiger partial charge in [-0.1, -0.05) is 0 Å². The lowest BCUT2D eigenvalue weighted by atomic mass is 10.3. The average Bonchev–Trinajstić information content (AvgIpc) is 2.69. The molecule has 2 atom stereocenters. The van der Waals surface area contributed by atoms with Crippen LogP contribution in [0.4, 0.5) is 0 Å². The predicted octanol–water partition coefficient (Wildman–Crippen LogP) is -0.0282. The third-order valence-electron chi connectivity index (χ3n) is 2.09. The highest BCUT2D eigenvalue weighted by molar-refractivity contribution is 5.78. The molecule has 0 radical (unpaired) electrons. The first-order chi connectivity index (χ1) is 6.65. The Labute approximate surface area is 83.1 Å². The van der Waals surface area contributed by atoms with Gasteiger partial charge in [0.25, 0.3) is 5.91 Å². The van der Waals surface area contributed by atoms with Gasteiger partial charge in [0.05, 0.1) is 0 Å². The first-order valence-electron chi connectivity index (χ1n) is 4.52. The molecule has 0 saturated carbocycles. The van der Waals surface area contributed by atoms with Crippen molar-refractivity contribution in [1.82, 2.24) is 10.3 Å². The van der Waals surface area contributed by atoms with Gasteiger partial charge in [-0.2, -0.15) is 0 Å². The van der Waals surface area contributed by atoms with Crippen molar-refractivity contribution in [3.05, 3.63) is 18.7 Å². The molecule has 1 amide bonds. The Morgan fingerprint density at radius 1 is 1.57 bits per heavy atom. The van der Waals surface area contributed by atoms with Gasteiger partial charge in [-0.15, -0.1) is 0 Å². The number of carbonyl (C=O) groups is 1. The monoisotopic (exact) mass is 198 g/mol. The van der Waals surface area contributed by atoms with Crippen molar-refractivity contribution < 1.29 is 14.1 Å². The molecule has 2 unspecified atom stereocenters. The Morgan fingerprint density at radius 3 is 2.79 bits per heavy atom. The van der Waals surface area contributed by atoms with Gasteiger partial charge in [0.1, 0.15) is 18.6 Å². The number of nitrogens with zero attached hydrogens (tertiary/aromatic N) is 1. The van der Waals surface area contributed by atoms with Crippen LogP contribution in [-0.4, -0.2) is 24.2 Å². The van der Waals surface area contributed by atoms with E-state index in [1.807, 2.05) is 13.1 Å². The van der Waals surface area contributed by atoms with Gasteiger partial charge < -0.3 is 10.1 Å². The van der Waals surface area contributed by atoms with E-state index in [-0.39, 0.29) is 18.2 Å². The van der Waals surface area contributed by atoms with Crippen LogP contribution in [0.3, 0.4) is 0 Å². The number of hydrogen-bond donors (Lipinski definition) is 2. The van der Waals surface area contributed by atoms with Crippen molar-refractivity contribution in [2.75, 3.05) is 7.11 Å². The van der Waals surface area contributed by atoms with Crippen LogP contribution >= 0.6 is 0 Å². The maximum atomic E-state index is 11.6. The second kappa shape index (κ2) is 4.76. The van der Waals surface area contributed by atoms with E-state index in [1.54, 1.807) is 31.1 Å². The minimum Gasteiger partial charge on any atom is -0.362 e. The third-order valence-corrected chi connectivity index (χ3v) is 2.09. The SMILES string of the molecule is COC(C)NC(=O)C(C)[n+]1cc[nH]c1. The summed E-state index contributed by atoms with van der Waals surface area (Å²) in [5.74, 6) is -0.0658. The van der Waals surface area contributed by atoms with E-state index in [9.17, 15) is 4.79 Å². The number of aromatic amines is 1. The van der Waals surface area contributed by atoms with Crippen molar-refractivity contribution >= 4 is 5.91 Å². The van der Waals surface area contributed by atoms with E-state index in [0.717, 1.165) is 0 Å². The molecular formula is C9H16N3O2+. The zero-order chi connectivity index (χ0) is 10.6. The highest BCUT2D eigenvalue weighted by Gasteiger charge is 2.19. The number of amides is 1. The summed E-state index contributed by atoms with van der Waals surface area (Å²) in [6.45, 7) is 3.61. The van der Waals surface area contributed by atoms with Gasteiger partial charge >= 0.3 is 0 Å². The number of imidazole rings is 1. The molecule has 1 rings (SSSR count). The van der Waals surface area contributed by atoms with Crippen LogP contribution in [0.5, 0.6) is 0 Å². The number of H-pyrrole nitrogens is 1. The van der Waals surface area contributed by atoms with E-state index in [0.29, 0.717) is 0 Å². The zero-order valence-electron chi connectivity index (χ0n) is 8.65. The van der Waals surface area contributed by atoms with Crippen molar-refractivity contribution in [3.8, 4) is 0 Å². The first-order valence-corrected chi connectivity index (χ1v) is 4.52. The topological polar surface area (TPSA) is 58.0 Å². The quantitative estimate of drug-likeness (QED) is 0.527. The summed E-state index contributed by atoms with van der Waals surface area (Å²) in [5.41, 5.74) is 0. The molecule has 0 bridgehead atoms. The van der Waals surface area contributed by atoms with Crippen LogP contribution in [0, 0.1) is 0 Å². The number of nitrogens with one attached hydrogen (secondary N) is 2. The van der Waals surface area contributed by atoms with Crippen LogP contribution < -0.4 is 9.88 Å². The smallest absolute Gasteiger partial charge is 0.267 e. The average molecular weight is 198 g/mol. The van der Waals surface area contributed by atoms with Crippen LogP contribution in [0.1, 0.15) is 19.9 Å². The Bertz CT molecular complexity index is 284. The van der Waals surface area contributed by atoms with Gasteiger partial charge in [0, 0.05) is 7.11 Å². The molecule has 0 saturated heterocycles. The number of carbonyl (C=O) groups excluding carboxylic acids is 1. The molecule has 2 N–H and O–H groups in total. The second-order valence-electron chi connectivity index (χ2n) is 3.12. The number of methoxy groups -OCH3 is 1. The van der Waals surface area contributed by atoms with Gasteiger partial charge in [-0.25, -0.2) is 4.57 Å². The fourth-order valence-electron chi connectivity index (χ4n) is 1.06. The van der Waals surface area contributed by atoms with Gasteiger partial charge in [0.15, 0.2) is 6.04 Å². The van der Waals surface area contributed by atoms with Crippen LogP contribution in [0.15, 0.2) is 18.7 Å². The summed E-state index contributed by atoms with van der Waals surface area (Å²) in [5, 5.41) is 2.72. The Hall–Kier alpha value is -1.36. The van der Waals surface area contributed by atoms with Crippen LogP contribution in [0.25, 0.3) is 0 Å². The fraction of sp³-hybridized carbons (Fsp3) is 0.556. The van der Waals surface area contributed by atoms with Crippen LogP contribution in [0.2, 0.25) is 0 Å². The maximum Gasteiger partial charge on any atom is 0.267 e. The molecule has 78 valence electrons. The molecule has 0 aliphatic heterocycles. The summed E-state index contributed by atoms with van der Waals surface area (Å²) in [6, 6.07) is -0.237. The summed E-state index contributed by atoms with van der Waals surface area (Å²) >= 11 is 0. The Morgan fingerprint density at radius 2 is 2.29 bits per heavy atom. The second-order valence-corrected chi connectivity index (χ2v) is 3.12. The molecule has 5 nitrogen and oxygen atoms in total. The van der Waals surface area contributed by atoms with Gasteiger partial charge in [0.2, 0.25) is 6.33 Å².